The van der Waals surface area contributed by atoms with Crippen molar-refractivity contribution in [1.29, 1.82) is 0 Å². The van der Waals surface area contributed by atoms with Gasteiger partial charge in [0.05, 0.1) is 0 Å². The summed E-state index contributed by atoms with van der Waals surface area (Å²) in [5.74, 6) is -0.842. The van der Waals surface area contributed by atoms with Gasteiger partial charge in [-0.25, -0.2) is 9.18 Å². The SMILES string of the molecule is CCCC1(CCC)NC(=O)N(CC(=O)N(Cc2ccc(F)cc2)C2CCCCC2)C1=O. The molecule has 1 heterocycles. The number of hydrogen-bond acceptors (Lipinski definition) is 3. The number of rotatable bonds is 9. The predicted octanol–water partition coefficient (Wildman–Crippen LogP) is 4.38. The monoisotopic (exact) mass is 431 g/mol. The summed E-state index contributed by atoms with van der Waals surface area (Å²) in [5, 5.41) is 2.87. The van der Waals surface area contributed by atoms with Crippen LogP contribution in [0.1, 0.15) is 77.2 Å². The Bertz CT molecular complexity index is 784. The molecule has 1 saturated heterocycles. The molecular weight excluding hydrogens is 397 g/mol. The first-order valence-corrected chi connectivity index (χ1v) is 11.6. The lowest BCUT2D eigenvalue weighted by Gasteiger charge is -2.35. The van der Waals surface area contributed by atoms with Crippen LogP contribution in [-0.4, -0.2) is 45.8 Å². The Balaban J connectivity index is 1.78. The van der Waals surface area contributed by atoms with E-state index in [1.165, 1.54) is 12.1 Å². The second kappa shape index (κ2) is 10.2. The van der Waals surface area contributed by atoms with Crippen LogP contribution in [0.4, 0.5) is 9.18 Å². The number of hydrogen-bond donors (Lipinski definition) is 1. The van der Waals surface area contributed by atoms with E-state index < -0.39 is 11.6 Å². The maximum atomic E-state index is 13.4. The van der Waals surface area contributed by atoms with Crippen molar-refractivity contribution < 1.29 is 18.8 Å². The van der Waals surface area contributed by atoms with E-state index in [1.807, 2.05) is 13.8 Å². The molecule has 1 aliphatic carbocycles. The van der Waals surface area contributed by atoms with Gasteiger partial charge in [0.25, 0.3) is 5.91 Å². The van der Waals surface area contributed by atoms with Gasteiger partial charge in [-0.3, -0.25) is 14.5 Å². The Hall–Kier alpha value is -2.44. The molecule has 0 unspecified atom stereocenters. The fourth-order valence-electron chi connectivity index (χ4n) is 4.96. The molecule has 7 heteroatoms. The molecule has 31 heavy (non-hydrogen) atoms. The smallest absolute Gasteiger partial charge is 0.325 e. The van der Waals surface area contributed by atoms with Crippen LogP contribution in [0, 0.1) is 5.82 Å². The zero-order chi connectivity index (χ0) is 22.4. The molecule has 0 spiro atoms. The third-order valence-corrected chi connectivity index (χ3v) is 6.49. The van der Waals surface area contributed by atoms with Gasteiger partial charge in [-0.1, -0.05) is 58.1 Å². The van der Waals surface area contributed by atoms with Crippen LogP contribution in [-0.2, 0) is 16.1 Å². The number of carbonyl (C=O) groups excluding carboxylic acids is 3. The van der Waals surface area contributed by atoms with Gasteiger partial charge >= 0.3 is 6.03 Å². The van der Waals surface area contributed by atoms with Crippen molar-refractivity contribution >= 4 is 17.8 Å². The van der Waals surface area contributed by atoms with Gasteiger partial charge in [-0.2, -0.15) is 0 Å². The van der Waals surface area contributed by atoms with Crippen LogP contribution in [0.3, 0.4) is 0 Å². The molecule has 0 atom stereocenters. The van der Waals surface area contributed by atoms with Crippen molar-refractivity contribution in [2.75, 3.05) is 6.54 Å². The van der Waals surface area contributed by atoms with Gasteiger partial charge in [-0.05, 0) is 43.4 Å². The van der Waals surface area contributed by atoms with E-state index in [9.17, 15) is 18.8 Å². The molecule has 1 aromatic carbocycles. The van der Waals surface area contributed by atoms with Crippen molar-refractivity contribution in [2.45, 2.75) is 89.8 Å². The van der Waals surface area contributed by atoms with Crippen molar-refractivity contribution in [3.05, 3.63) is 35.6 Å². The molecule has 0 radical (unpaired) electrons. The first kappa shape index (κ1) is 23.2. The van der Waals surface area contributed by atoms with Crippen molar-refractivity contribution in [3.63, 3.8) is 0 Å². The topological polar surface area (TPSA) is 69.7 Å². The first-order chi connectivity index (χ1) is 14.9. The van der Waals surface area contributed by atoms with E-state index in [4.69, 9.17) is 0 Å². The largest absolute Gasteiger partial charge is 0.334 e. The van der Waals surface area contributed by atoms with Gasteiger partial charge in [0.1, 0.15) is 17.9 Å². The molecule has 4 amide bonds. The summed E-state index contributed by atoms with van der Waals surface area (Å²) in [5.41, 5.74) is -0.0585. The lowest BCUT2D eigenvalue weighted by molar-refractivity contribution is -0.141. The predicted molar refractivity (Wildman–Crippen MR) is 117 cm³/mol. The highest BCUT2D eigenvalue weighted by Gasteiger charge is 2.50. The molecule has 0 bridgehead atoms. The minimum absolute atomic E-state index is 0.0723. The summed E-state index contributed by atoms with van der Waals surface area (Å²) in [6.45, 7) is 4.07. The number of imide groups is 1. The van der Waals surface area contributed by atoms with Crippen molar-refractivity contribution in [2.24, 2.45) is 0 Å². The van der Waals surface area contributed by atoms with E-state index in [1.54, 1.807) is 17.0 Å². The lowest BCUT2D eigenvalue weighted by atomic mass is 9.88. The Morgan fingerprint density at radius 3 is 2.29 bits per heavy atom. The third kappa shape index (κ3) is 5.25. The van der Waals surface area contributed by atoms with E-state index in [0.29, 0.717) is 19.4 Å². The minimum Gasteiger partial charge on any atom is -0.334 e. The van der Waals surface area contributed by atoms with Crippen LogP contribution >= 0.6 is 0 Å². The standard InChI is InChI=1S/C24H34FN3O3/c1-3-14-24(15-4-2)22(30)28(23(31)26-24)17-21(29)27(20-8-6-5-7-9-20)16-18-10-12-19(25)13-11-18/h10-13,20H,3-9,14-17H2,1-2H3,(H,26,31). The van der Waals surface area contributed by atoms with Crippen LogP contribution in [0.15, 0.2) is 24.3 Å². The number of nitrogens with one attached hydrogen (secondary N) is 1. The Kier molecular flexibility index (Phi) is 7.68. The summed E-state index contributed by atoms with van der Waals surface area (Å²) in [6.07, 6.45) is 7.74. The number of halogens is 1. The quantitative estimate of drug-likeness (QED) is 0.590. The molecule has 6 nitrogen and oxygen atoms in total. The lowest BCUT2D eigenvalue weighted by Crippen LogP contribution is -2.49. The van der Waals surface area contributed by atoms with Crippen LogP contribution in [0.2, 0.25) is 0 Å². The molecule has 1 aromatic rings. The zero-order valence-electron chi connectivity index (χ0n) is 18.7. The molecule has 1 N–H and O–H groups in total. The van der Waals surface area contributed by atoms with E-state index in [0.717, 1.165) is 55.4 Å². The van der Waals surface area contributed by atoms with E-state index >= 15 is 0 Å². The number of urea groups is 1. The second-order valence-electron chi connectivity index (χ2n) is 8.84. The summed E-state index contributed by atoms with van der Waals surface area (Å²) >= 11 is 0. The maximum absolute atomic E-state index is 13.4. The number of nitrogens with zero attached hydrogens (tertiary/aromatic N) is 2. The van der Waals surface area contributed by atoms with Gasteiger partial charge in [-0.15, -0.1) is 0 Å². The molecule has 1 aliphatic heterocycles. The van der Waals surface area contributed by atoms with Gasteiger partial charge < -0.3 is 10.2 Å². The van der Waals surface area contributed by atoms with E-state index in [2.05, 4.69) is 5.32 Å². The highest BCUT2D eigenvalue weighted by atomic mass is 19.1. The summed E-state index contributed by atoms with van der Waals surface area (Å²) in [4.78, 5) is 42.1. The van der Waals surface area contributed by atoms with E-state index in [-0.39, 0.29) is 30.2 Å². The third-order valence-electron chi connectivity index (χ3n) is 6.49. The van der Waals surface area contributed by atoms with Crippen LogP contribution in [0.5, 0.6) is 0 Å². The fraction of sp³-hybridized carbons (Fsp3) is 0.625. The number of carbonyl (C=O) groups is 3. The fourth-order valence-corrected chi connectivity index (χ4v) is 4.96. The van der Waals surface area contributed by atoms with Gasteiger partial charge in [0.2, 0.25) is 5.91 Å². The molecule has 2 aliphatic rings. The van der Waals surface area contributed by atoms with Crippen molar-refractivity contribution in [3.8, 4) is 0 Å². The van der Waals surface area contributed by atoms with Crippen LogP contribution in [0.25, 0.3) is 0 Å². The Labute approximate surface area is 184 Å². The molecule has 1 saturated carbocycles. The average molecular weight is 432 g/mol. The van der Waals surface area contributed by atoms with Crippen molar-refractivity contribution in [1.82, 2.24) is 15.1 Å². The Morgan fingerprint density at radius 1 is 1.10 bits per heavy atom. The van der Waals surface area contributed by atoms with Crippen LogP contribution < -0.4 is 5.32 Å². The van der Waals surface area contributed by atoms with Gasteiger partial charge in [0, 0.05) is 12.6 Å². The minimum atomic E-state index is -0.895. The first-order valence-electron chi connectivity index (χ1n) is 11.6. The summed E-state index contributed by atoms with van der Waals surface area (Å²) < 4.78 is 13.3. The summed E-state index contributed by atoms with van der Waals surface area (Å²) in [6, 6.07) is 5.73. The highest BCUT2D eigenvalue weighted by molar-refractivity contribution is 6.09. The highest BCUT2D eigenvalue weighted by Crippen LogP contribution is 2.29. The van der Waals surface area contributed by atoms with Gasteiger partial charge in [0.15, 0.2) is 0 Å². The number of amides is 4. The molecule has 170 valence electrons. The molecular formula is C24H34FN3O3. The normalized spacial score (nSPS) is 18.9. The average Bonchev–Trinajstić information content (AvgIpc) is 2.98. The summed E-state index contributed by atoms with van der Waals surface area (Å²) in [7, 11) is 0. The molecule has 2 fully saturated rings. The zero-order valence-corrected chi connectivity index (χ0v) is 18.7. The second-order valence-corrected chi connectivity index (χ2v) is 8.84. The Morgan fingerprint density at radius 2 is 1.71 bits per heavy atom. The molecule has 0 aromatic heterocycles. The maximum Gasteiger partial charge on any atom is 0.325 e. The molecule has 3 rings (SSSR count). The number of benzene rings is 1.